The van der Waals surface area contributed by atoms with E-state index in [0.717, 1.165) is 23.7 Å². The summed E-state index contributed by atoms with van der Waals surface area (Å²) in [6, 6.07) is 8.74. The van der Waals surface area contributed by atoms with Crippen LogP contribution in [0.15, 0.2) is 52.7 Å². The van der Waals surface area contributed by atoms with Crippen LogP contribution in [-0.2, 0) is 19.3 Å². The smallest absolute Gasteiger partial charge is 0.237 e. The van der Waals surface area contributed by atoms with E-state index in [9.17, 15) is 13.5 Å². The molecule has 0 saturated carbocycles. The van der Waals surface area contributed by atoms with E-state index in [1.54, 1.807) is 26.2 Å². The number of hydrogen-bond donors (Lipinski definition) is 2. The second-order valence-corrected chi connectivity index (χ2v) is 10.4. The number of ether oxygens (including phenoxy) is 4. The van der Waals surface area contributed by atoms with Crippen molar-refractivity contribution in [2.24, 2.45) is 4.99 Å². The van der Waals surface area contributed by atoms with Crippen LogP contribution >= 0.6 is 0 Å². The Morgan fingerprint density at radius 1 is 1.14 bits per heavy atom. The molecule has 3 heterocycles. The van der Waals surface area contributed by atoms with Crippen LogP contribution in [0.2, 0.25) is 0 Å². The molecule has 192 valence electrons. The number of aliphatic imine (C=N–C) groups is 1. The number of aliphatic hydroxyl groups excluding tert-OH is 1. The zero-order valence-electron chi connectivity index (χ0n) is 20.3. The van der Waals surface area contributed by atoms with E-state index in [-0.39, 0.29) is 23.1 Å². The van der Waals surface area contributed by atoms with E-state index in [0.29, 0.717) is 36.3 Å². The summed E-state index contributed by atoms with van der Waals surface area (Å²) in [5.74, 6) is 1.51. The molecule has 0 aliphatic carbocycles. The Labute approximate surface area is 209 Å². The van der Waals surface area contributed by atoms with Crippen molar-refractivity contribution in [3.8, 4) is 28.6 Å². The van der Waals surface area contributed by atoms with Crippen molar-refractivity contribution >= 4 is 15.7 Å². The van der Waals surface area contributed by atoms with Crippen LogP contribution in [0.4, 0.5) is 0 Å². The average Bonchev–Trinajstić information content (AvgIpc) is 3.49. The summed E-state index contributed by atoms with van der Waals surface area (Å²) in [6.07, 6.45) is 2.63. The third kappa shape index (κ3) is 6.20. The largest absolute Gasteiger partial charge is 0.488 e. The molecule has 0 spiro atoms. The monoisotopic (exact) mass is 516 g/mol. The number of aromatic nitrogens is 3. The van der Waals surface area contributed by atoms with Crippen molar-refractivity contribution in [2.45, 2.75) is 37.1 Å². The number of sulfone groups is 1. The Morgan fingerprint density at radius 3 is 2.53 bits per heavy atom. The molecule has 0 bridgehead atoms. The molecule has 4 rings (SSSR count). The fourth-order valence-corrected chi connectivity index (χ4v) is 3.98. The maximum atomic E-state index is 11.6. The summed E-state index contributed by atoms with van der Waals surface area (Å²) < 4.78 is 46.0. The number of benzene rings is 1. The lowest BCUT2D eigenvalue weighted by atomic mass is 10.1. The van der Waals surface area contributed by atoms with E-state index in [2.05, 4.69) is 19.9 Å². The van der Waals surface area contributed by atoms with Crippen molar-refractivity contribution < 1.29 is 32.5 Å². The van der Waals surface area contributed by atoms with E-state index in [4.69, 9.17) is 18.9 Å². The molecule has 0 radical (unpaired) electrons. The van der Waals surface area contributed by atoms with Gasteiger partial charge in [0.25, 0.3) is 0 Å². The number of aliphatic hydroxyl groups is 1. The lowest BCUT2D eigenvalue weighted by Crippen LogP contribution is -2.21. The van der Waals surface area contributed by atoms with E-state index in [1.165, 1.54) is 6.20 Å². The Bertz CT molecular complexity index is 1340. The summed E-state index contributed by atoms with van der Waals surface area (Å²) in [5, 5.41) is 9.63. The van der Waals surface area contributed by atoms with Crippen molar-refractivity contribution in [1.29, 1.82) is 0 Å². The first-order valence-electron chi connectivity index (χ1n) is 11.2. The van der Waals surface area contributed by atoms with Crippen LogP contribution in [0, 0.1) is 0 Å². The highest BCUT2D eigenvalue weighted by atomic mass is 32.2. The van der Waals surface area contributed by atoms with Crippen LogP contribution in [0.25, 0.3) is 11.3 Å². The van der Waals surface area contributed by atoms with Gasteiger partial charge in [0, 0.05) is 30.7 Å². The van der Waals surface area contributed by atoms with E-state index >= 15 is 0 Å². The van der Waals surface area contributed by atoms with Crippen molar-refractivity contribution in [1.82, 2.24) is 15.0 Å². The predicted octanol–water partition coefficient (Wildman–Crippen LogP) is 2.61. The Hall–Kier alpha value is -3.48. The molecule has 2 aromatic heterocycles. The summed E-state index contributed by atoms with van der Waals surface area (Å²) in [5.41, 5.74) is 2.19. The number of hydrogen-bond acceptors (Lipinski definition) is 10. The number of nitrogens with zero attached hydrogens (tertiary/aromatic N) is 3. The van der Waals surface area contributed by atoms with Gasteiger partial charge in [0.05, 0.1) is 25.1 Å². The van der Waals surface area contributed by atoms with Crippen molar-refractivity contribution in [2.75, 3.05) is 26.6 Å². The zero-order chi connectivity index (χ0) is 25.9. The lowest BCUT2D eigenvalue weighted by molar-refractivity contribution is 0.0920. The number of rotatable bonds is 10. The first-order valence-corrected chi connectivity index (χ1v) is 13.1. The Balaban J connectivity index is 1.63. The third-order valence-corrected chi connectivity index (χ3v) is 6.25. The minimum atomic E-state index is -3.47. The summed E-state index contributed by atoms with van der Waals surface area (Å²) >= 11 is 0. The molecule has 12 heteroatoms. The highest BCUT2D eigenvalue weighted by molar-refractivity contribution is 7.90. The standard InChI is InChI=1S/C24H28N4O7S/c1-14(12-32-3)34-17-7-16(19-5-6-20(27-19)24-28-21(13-33-24)15(2)29)8-18(9-17)35-22-10-26-23(11-25-22)36(4,30)31/h5-11,14-15,21,27,29H,12-13H2,1-4H3/t14-,15+,21?/m0/s1. The molecular formula is C24H28N4O7S. The van der Waals surface area contributed by atoms with Gasteiger partial charge in [-0.25, -0.2) is 23.4 Å². The van der Waals surface area contributed by atoms with Gasteiger partial charge in [-0.1, -0.05) is 0 Å². The van der Waals surface area contributed by atoms with Crippen molar-refractivity contribution in [3.63, 3.8) is 0 Å². The number of methoxy groups -OCH3 is 1. The normalized spacial score (nSPS) is 17.2. The van der Waals surface area contributed by atoms with Crippen molar-refractivity contribution in [3.05, 3.63) is 48.4 Å². The molecule has 2 N–H and O–H groups in total. The van der Waals surface area contributed by atoms with Gasteiger partial charge < -0.3 is 29.0 Å². The van der Waals surface area contributed by atoms with Crippen LogP contribution in [-0.4, -0.2) is 79.2 Å². The highest BCUT2D eigenvalue weighted by Crippen LogP contribution is 2.32. The predicted molar refractivity (Wildman–Crippen MR) is 131 cm³/mol. The lowest BCUT2D eigenvalue weighted by Gasteiger charge is -2.16. The zero-order valence-corrected chi connectivity index (χ0v) is 21.2. The second kappa shape index (κ2) is 10.6. The summed E-state index contributed by atoms with van der Waals surface area (Å²) in [7, 11) is -1.88. The molecule has 0 fully saturated rings. The molecule has 1 aromatic carbocycles. The van der Waals surface area contributed by atoms with Gasteiger partial charge in [-0.3, -0.25) is 0 Å². The van der Waals surface area contributed by atoms with E-state index < -0.39 is 15.9 Å². The minimum absolute atomic E-state index is 0.125. The van der Waals surface area contributed by atoms with Crippen LogP contribution in [0.5, 0.6) is 17.4 Å². The van der Waals surface area contributed by atoms with Crippen LogP contribution in [0.1, 0.15) is 19.5 Å². The number of H-pyrrole nitrogens is 1. The highest BCUT2D eigenvalue weighted by Gasteiger charge is 2.25. The fourth-order valence-electron chi connectivity index (χ4n) is 3.50. The average molecular weight is 517 g/mol. The van der Waals surface area contributed by atoms with Gasteiger partial charge in [0.1, 0.15) is 35.9 Å². The number of aromatic amines is 1. The van der Waals surface area contributed by atoms with Gasteiger partial charge in [0.2, 0.25) is 11.8 Å². The maximum absolute atomic E-state index is 11.6. The van der Waals surface area contributed by atoms with Gasteiger partial charge in [-0.15, -0.1) is 0 Å². The third-order valence-electron chi connectivity index (χ3n) is 5.28. The van der Waals surface area contributed by atoms with Crippen LogP contribution < -0.4 is 9.47 Å². The SMILES string of the molecule is COC[C@H](C)Oc1cc(Oc2cnc(S(C)(=O)=O)cn2)cc(-c2ccc(C3=NC([C@@H](C)O)CO3)[nH]2)c1. The van der Waals surface area contributed by atoms with E-state index in [1.807, 2.05) is 25.1 Å². The molecule has 0 amide bonds. The maximum Gasteiger partial charge on any atom is 0.237 e. The Kier molecular flexibility index (Phi) is 7.57. The first-order chi connectivity index (χ1) is 17.1. The van der Waals surface area contributed by atoms with Gasteiger partial charge in [-0.05, 0) is 38.1 Å². The quantitative estimate of drug-likeness (QED) is 0.415. The molecule has 1 aliphatic rings. The molecule has 36 heavy (non-hydrogen) atoms. The Morgan fingerprint density at radius 2 is 1.89 bits per heavy atom. The first kappa shape index (κ1) is 25.6. The molecule has 3 aromatic rings. The second-order valence-electron chi connectivity index (χ2n) is 8.48. The van der Waals surface area contributed by atoms with Gasteiger partial charge in [-0.2, -0.15) is 0 Å². The van der Waals surface area contributed by atoms with Gasteiger partial charge >= 0.3 is 0 Å². The number of nitrogens with one attached hydrogen (secondary N) is 1. The van der Waals surface area contributed by atoms with Crippen LogP contribution in [0.3, 0.4) is 0 Å². The molecule has 3 atom stereocenters. The molecule has 1 aliphatic heterocycles. The fraction of sp³-hybridized carbons (Fsp3) is 0.375. The van der Waals surface area contributed by atoms with Gasteiger partial charge in [0.15, 0.2) is 14.9 Å². The minimum Gasteiger partial charge on any atom is -0.488 e. The molecular weight excluding hydrogens is 488 g/mol. The topological polar surface area (TPSA) is 145 Å². The molecule has 11 nitrogen and oxygen atoms in total. The summed E-state index contributed by atoms with van der Waals surface area (Å²) in [6.45, 7) is 4.27. The summed E-state index contributed by atoms with van der Waals surface area (Å²) in [4.78, 5) is 15.7. The molecule has 1 unspecified atom stereocenters. The molecule has 0 saturated heterocycles.